The zero-order chi connectivity index (χ0) is 16.2. The summed E-state index contributed by atoms with van der Waals surface area (Å²) >= 11 is 0. The Labute approximate surface area is 125 Å². The van der Waals surface area contributed by atoms with Crippen LogP contribution < -0.4 is 10.2 Å². The molecule has 1 aromatic rings. The molecule has 0 unspecified atom stereocenters. The van der Waals surface area contributed by atoms with Gasteiger partial charge in [-0.1, -0.05) is 0 Å². The second-order valence-electron chi connectivity index (χ2n) is 6.03. The molecule has 1 amide bonds. The lowest BCUT2D eigenvalue weighted by molar-refractivity contribution is -0.156. The molecule has 0 saturated carbocycles. The SMILES string of the molecule is C[C@@H](NC(=O)c1ccc(N(C)C)nc1)C(=O)OC(C)(C)C. The zero-order valence-corrected chi connectivity index (χ0v) is 13.4. The topological polar surface area (TPSA) is 71.5 Å². The molecule has 0 aliphatic carbocycles. The Hall–Kier alpha value is -2.11. The van der Waals surface area contributed by atoms with Crippen LogP contribution in [0.5, 0.6) is 0 Å². The highest BCUT2D eigenvalue weighted by Gasteiger charge is 2.23. The van der Waals surface area contributed by atoms with E-state index in [4.69, 9.17) is 4.74 Å². The summed E-state index contributed by atoms with van der Waals surface area (Å²) in [7, 11) is 3.74. The number of anilines is 1. The Kier molecular flexibility index (Phi) is 5.29. The van der Waals surface area contributed by atoms with Crippen LogP contribution in [0.4, 0.5) is 5.82 Å². The van der Waals surface area contributed by atoms with Crippen molar-refractivity contribution in [3.8, 4) is 0 Å². The summed E-state index contributed by atoms with van der Waals surface area (Å²) in [6.45, 7) is 6.93. The number of ether oxygens (including phenoxy) is 1. The predicted molar refractivity (Wildman–Crippen MR) is 81.3 cm³/mol. The molecule has 1 rings (SSSR count). The molecule has 0 aromatic carbocycles. The van der Waals surface area contributed by atoms with Crippen molar-refractivity contribution in [3.05, 3.63) is 23.9 Å². The van der Waals surface area contributed by atoms with Gasteiger partial charge in [0.2, 0.25) is 0 Å². The summed E-state index contributed by atoms with van der Waals surface area (Å²) in [5.41, 5.74) is -0.179. The number of hydrogen-bond acceptors (Lipinski definition) is 5. The second-order valence-corrected chi connectivity index (χ2v) is 6.03. The van der Waals surface area contributed by atoms with E-state index in [0.717, 1.165) is 5.82 Å². The van der Waals surface area contributed by atoms with Crippen LogP contribution in [0, 0.1) is 0 Å². The summed E-state index contributed by atoms with van der Waals surface area (Å²) in [4.78, 5) is 29.8. The average Bonchev–Trinajstić information content (AvgIpc) is 2.36. The molecule has 21 heavy (non-hydrogen) atoms. The number of esters is 1. The molecule has 1 N–H and O–H groups in total. The van der Waals surface area contributed by atoms with Gasteiger partial charge in [-0.3, -0.25) is 4.79 Å². The highest BCUT2D eigenvalue weighted by atomic mass is 16.6. The van der Waals surface area contributed by atoms with Gasteiger partial charge >= 0.3 is 5.97 Å². The van der Waals surface area contributed by atoms with Crippen molar-refractivity contribution < 1.29 is 14.3 Å². The molecule has 1 heterocycles. The van der Waals surface area contributed by atoms with Gasteiger partial charge in [-0.05, 0) is 39.8 Å². The van der Waals surface area contributed by atoms with Crippen molar-refractivity contribution in [2.45, 2.75) is 39.3 Å². The minimum Gasteiger partial charge on any atom is -0.458 e. The third-order valence-corrected chi connectivity index (χ3v) is 2.58. The Morgan fingerprint density at radius 3 is 2.33 bits per heavy atom. The molecule has 116 valence electrons. The Bertz CT molecular complexity index is 504. The van der Waals surface area contributed by atoms with Crippen molar-refractivity contribution in [1.29, 1.82) is 0 Å². The van der Waals surface area contributed by atoms with Gasteiger partial charge in [-0.25, -0.2) is 9.78 Å². The van der Waals surface area contributed by atoms with E-state index in [0.29, 0.717) is 5.56 Å². The van der Waals surface area contributed by atoms with E-state index in [1.54, 1.807) is 39.8 Å². The van der Waals surface area contributed by atoms with Crippen molar-refractivity contribution in [3.63, 3.8) is 0 Å². The number of aromatic nitrogens is 1. The lowest BCUT2D eigenvalue weighted by Gasteiger charge is -2.22. The van der Waals surface area contributed by atoms with Gasteiger partial charge in [-0.15, -0.1) is 0 Å². The molecule has 1 atom stereocenters. The molecule has 0 fully saturated rings. The molecule has 0 spiro atoms. The highest BCUT2D eigenvalue weighted by molar-refractivity contribution is 5.96. The Morgan fingerprint density at radius 1 is 1.29 bits per heavy atom. The number of hydrogen-bond donors (Lipinski definition) is 1. The van der Waals surface area contributed by atoms with Crippen LogP contribution in [0.3, 0.4) is 0 Å². The largest absolute Gasteiger partial charge is 0.458 e. The van der Waals surface area contributed by atoms with Gasteiger partial charge in [0.25, 0.3) is 5.91 Å². The third kappa shape index (κ3) is 5.41. The first-order chi connectivity index (χ1) is 9.60. The number of rotatable bonds is 4. The molecule has 1 aromatic heterocycles. The number of pyridine rings is 1. The maximum absolute atomic E-state index is 12.0. The van der Waals surface area contributed by atoms with E-state index in [-0.39, 0.29) is 5.91 Å². The van der Waals surface area contributed by atoms with Crippen LogP contribution in [0.25, 0.3) is 0 Å². The minimum atomic E-state index is -0.717. The van der Waals surface area contributed by atoms with Gasteiger partial charge < -0.3 is 15.0 Å². The molecule has 0 saturated heterocycles. The summed E-state index contributed by atoms with van der Waals surface area (Å²) in [6, 6.07) is 2.69. The standard InChI is InChI=1S/C15H23N3O3/c1-10(14(20)21-15(2,3)4)17-13(19)11-7-8-12(16-9-11)18(5)6/h7-10H,1-6H3,(H,17,19)/t10-/m1/s1. The van der Waals surface area contributed by atoms with E-state index in [1.807, 2.05) is 19.0 Å². The predicted octanol–water partition coefficient (Wildman–Crippen LogP) is 1.61. The Morgan fingerprint density at radius 2 is 1.90 bits per heavy atom. The average molecular weight is 293 g/mol. The first-order valence-corrected chi connectivity index (χ1v) is 6.77. The number of carbonyl (C=O) groups excluding carboxylic acids is 2. The van der Waals surface area contributed by atoms with Crippen molar-refractivity contribution >= 4 is 17.7 Å². The van der Waals surface area contributed by atoms with Crippen LogP contribution >= 0.6 is 0 Å². The first-order valence-electron chi connectivity index (χ1n) is 6.77. The molecule has 6 heteroatoms. The lowest BCUT2D eigenvalue weighted by Crippen LogP contribution is -2.42. The van der Waals surface area contributed by atoms with Gasteiger partial charge in [0, 0.05) is 20.3 Å². The first kappa shape index (κ1) is 16.9. The van der Waals surface area contributed by atoms with Crippen LogP contribution in [0.2, 0.25) is 0 Å². The van der Waals surface area contributed by atoms with Gasteiger partial charge in [0.05, 0.1) is 5.56 Å². The number of carbonyl (C=O) groups is 2. The maximum atomic E-state index is 12.0. The Balaban J connectivity index is 2.66. The molecule has 6 nitrogen and oxygen atoms in total. The van der Waals surface area contributed by atoms with Gasteiger partial charge in [-0.2, -0.15) is 0 Å². The monoisotopic (exact) mass is 293 g/mol. The molecule has 0 aliphatic heterocycles. The number of nitrogens with zero attached hydrogens (tertiary/aromatic N) is 2. The van der Waals surface area contributed by atoms with Crippen LogP contribution in [-0.2, 0) is 9.53 Å². The fourth-order valence-electron chi connectivity index (χ4n) is 1.51. The van der Waals surface area contributed by atoms with E-state index >= 15 is 0 Å². The highest BCUT2D eigenvalue weighted by Crippen LogP contribution is 2.10. The van der Waals surface area contributed by atoms with Crippen molar-refractivity contribution in [2.24, 2.45) is 0 Å². The maximum Gasteiger partial charge on any atom is 0.328 e. The van der Waals surface area contributed by atoms with Gasteiger partial charge in [0.15, 0.2) is 0 Å². The van der Waals surface area contributed by atoms with E-state index in [1.165, 1.54) is 6.20 Å². The van der Waals surface area contributed by atoms with Crippen LogP contribution in [0.15, 0.2) is 18.3 Å². The molecule has 0 aliphatic rings. The van der Waals surface area contributed by atoms with Crippen LogP contribution in [-0.4, -0.2) is 42.6 Å². The number of nitrogens with one attached hydrogen (secondary N) is 1. The summed E-state index contributed by atoms with van der Waals surface area (Å²) in [5, 5.41) is 2.60. The fraction of sp³-hybridized carbons (Fsp3) is 0.533. The molecule has 0 bridgehead atoms. The third-order valence-electron chi connectivity index (χ3n) is 2.58. The number of amides is 1. The summed E-state index contributed by atoms with van der Waals surface area (Å²) in [5.74, 6) is -0.0633. The summed E-state index contributed by atoms with van der Waals surface area (Å²) < 4.78 is 5.21. The lowest BCUT2D eigenvalue weighted by atomic mass is 10.2. The van der Waals surface area contributed by atoms with Crippen LogP contribution in [0.1, 0.15) is 38.1 Å². The normalized spacial score (nSPS) is 12.5. The molecule has 0 radical (unpaired) electrons. The van der Waals surface area contributed by atoms with E-state index in [2.05, 4.69) is 10.3 Å². The second kappa shape index (κ2) is 6.56. The minimum absolute atomic E-state index is 0.355. The van der Waals surface area contributed by atoms with Crippen molar-refractivity contribution in [1.82, 2.24) is 10.3 Å². The smallest absolute Gasteiger partial charge is 0.328 e. The van der Waals surface area contributed by atoms with Crippen molar-refractivity contribution in [2.75, 3.05) is 19.0 Å². The fourth-order valence-corrected chi connectivity index (χ4v) is 1.51. The molecular weight excluding hydrogens is 270 g/mol. The molecular formula is C15H23N3O3. The summed E-state index contributed by atoms with van der Waals surface area (Å²) in [6.07, 6.45) is 1.48. The van der Waals surface area contributed by atoms with E-state index < -0.39 is 17.6 Å². The quantitative estimate of drug-likeness (QED) is 0.854. The van der Waals surface area contributed by atoms with E-state index in [9.17, 15) is 9.59 Å². The van der Waals surface area contributed by atoms with Gasteiger partial charge in [0.1, 0.15) is 17.5 Å². The zero-order valence-electron chi connectivity index (χ0n) is 13.4.